The van der Waals surface area contributed by atoms with Gasteiger partial charge in [-0.05, 0) is 26.3 Å². The maximum Gasteiger partial charge on any atom is 0.312 e. The lowest BCUT2D eigenvalue weighted by atomic mass is 10.0. The zero-order chi connectivity index (χ0) is 13.0. The van der Waals surface area contributed by atoms with Gasteiger partial charge in [0.1, 0.15) is 0 Å². The van der Waals surface area contributed by atoms with Gasteiger partial charge in [0, 0.05) is 0 Å². The number of hydrogen-bond acceptors (Lipinski definition) is 2. The second-order valence-corrected chi connectivity index (χ2v) is 2.94. The van der Waals surface area contributed by atoms with Crippen LogP contribution >= 0.6 is 0 Å². The summed E-state index contributed by atoms with van der Waals surface area (Å²) < 4.78 is 4.68. The summed E-state index contributed by atoms with van der Waals surface area (Å²) in [7, 11) is 1.40. The highest BCUT2D eigenvalue weighted by atomic mass is 16.5. The molecule has 0 radical (unpaired) electrons. The van der Waals surface area contributed by atoms with E-state index in [9.17, 15) is 4.79 Å². The fourth-order valence-corrected chi connectivity index (χ4v) is 1.06. The Morgan fingerprint density at radius 2 is 1.75 bits per heavy atom. The van der Waals surface area contributed by atoms with Gasteiger partial charge in [-0.15, -0.1) is 0 Å². The molecule has 0 N–H and O–H groups in total. The third-order valence-electron chi connectivity index (χ3n) is 1.89. The Morgan fingerprint density at radius 1 is 1.19 bits per heavy atom. The maximum absolute atomic E-state index is 11.3. The Balaban J connectivity index is 0. The molecule has 0 amide bonds. The van der Waals surface area contributed by atoms with Crippen molar-refractivity contribution in [1.82, 2.24) is 0 Å². The molecule has 0 saturated carbocycles. The number of methoxy groups -OCH3 is 1. The molecule has 16 heavy (non-hydrogen) atoms. The Labute approximate surface area is 99.7 Å². The van der Waals surface area contributed by atoms with Crippen molar-refractivity contribution in [2.75, 3.05) is 7.11 Å². The number of allylic oxidation sites excluding steroid dienone is 5. The van der Waals surface area contributed by atoms with Gasteiger partial charge in [-0.1, -0.05) is 44.2 Å². The fourth-order valence-electron chi connectivity index (χ4n) is 1.06. The summed E-state index contributed by atoms with van der Waals surface area (Å²) in [5.74, 6) is -0.425. The number of ether oxygens (including phenoxy) is 1. The van der Waals surface area contributed by atoms with Crippen LogP contribution in [-0.2, 0) is 9.53 Å². The first kappa shape index (κ1) is 17.1. The Hall–Kier alpha value is -1.31. The lowest BCUT2D eigenvalue weighted by Crippen LogP contribution is -2.14. The fraction of sp³-hybridized carbons (Fsp3) is 0.500. The van der Waals surface area contributed by atoms with Gasteiger partial charge >= 0.3 is 5.97 Å². The van der Waals surface area contributed by atoms with Crippen LogP contribution in [-0.4, -0.2) is 13.1 Å². The first-order chi connectivity index (χ1) is 7.67. The van der Waals surface area contributed by atoms with Gasteiger partial charge < -0.3 is 4.74 Å². The van der Waals surface area contributed by atoms with Gasteiger partial charge in [0.2, 0.25) is 0 Å². The van der Waals surface area contributed by atoms with Crippen molar-refractivity contribution in [3.63, 3.8) is 0 Å². The first-order valence-corrected chi connectivity index (χ1v) is 5.70. The molecular weight excluding hydrogens is 200 g/mol. The predicted octanol–water partition coefficient (Wildman–Crippen LogP) is 3.90. The highest BCUT2D eigenvalue weighted by Gasteiger charge is 2.15. The van der Waals surface area contributed by atoms with E-state index < -0.39 is 0 Å². The number of carbonyl (C=O) groups is 1. The SMILES string of the molecule is CC.C\C=C/C=C(\C=C/C)C(C)C(=O)OC. The van der Waals surface area contributed by atoms with Crippen LogP contribution < -0.4 is 0 Å². The number of carbonyl (C=O) groups excluding carboxylic acids is 1. The van der Waals surface area contributed by atoms with E-state index in [4.69, 9.17) is 0 Å². The molecule has 0 fully saturated rings. The number of rotatable bonds is 4. The molecule has 0 aliphatic rings. The molecule has 2 nitrogen and oxygen atoms in total. The Bertz CT molecular complexity index is 260. The van der Waals surface area contributed by atoms with Crippen molar-refractivity contribution >= 4 is 5.97 Å². The van der Waals surface area contributed by atoms with Crippen LogP contribution in [0, 0.1) is 5.92 Å². The van der Waals surface area contributed by atoms with E-state index >= 15 is 0 Å². The van der Waals surface area contributed by atoms with Crippen molar-refractivity contribution in [1.29, 1.82) is 0 Å². The highest BCUT2D eigenvalue weighted by Crippen LogP contribution is 2.13. The van der Waals surface area contributed by atoms with Crippen molar-refractivity contribution in [2.24, 2.45) is 5.92 Å². The molecule has 0 aliphatic carbocycles. The summed E-state index contributed by atoms with van der Waals surface area (Å²) in [6.45, 7) is 9.70. The predicted molar refractivity (Wildman–Crippen MR) is 70.2 cm³/mol. The summed E-state index contributed by atoms with van der Waals surface area (Å²) in [6, 6.07) is 0. The topological polar surface area (TPSA) is 26.3 Å². The van der Waals surface area contributed by atoms with E-state index in [1.54, 1.807) is 0 Å². The largest absolute Gasteiger partial charge is 0.469 e. The molecule has 0 saturated heterocycles. The summed E-state index contributed by atoms with van der Waals surface area (Å²) >= 11 is 0. The lowest BCUT2D eigenvalue weighted by Gasteiger charge is -2.09. The molecule has 2 heteroatoms. The Morgan fingerprint density at radius 3 is 2.12 bits per heavy atom. The van der Waals surface area contributed by atoms with Gasteiger partial charge in [-0.2, -0.15) is 0 Å². The van der Waals surface area contributed by atoms with Gasteiger partial charge in [0.05, 0.1) is 13.0 Å². The zero-order valence-electron chi connectivity index (χ0n) is 11.3. The molecule has 92 valence electrons. The summed E-state index contributed by atoms with van der Waals surface area (Å²) in [6.07, 6.45) is 9.58. The van der Waals surface area contributed by atoms with Gasteiger partial charge in [-0.3, -0.25) is 4.79 Å². The van der Waals surface area contributed by atoms with Crippen LogP contribution in [0.4, 0.5) is 0 Å². The minimum Gasteiger partial charge on any atom is -0.469 e. The van der Waals surface area contributed by atoms with Gasteiger partial charge in [-0.25, -0.2) is 0 Å². The maximum atomic E-state index is 11.3. The van der Waals surface area contributed by atoms with E-state index in [-0.39, 0.29) is 11.9 Å². The van der Waals surface area contributed by atoms with E-state index in [1.807, 2.05) is 65.0 Å². The van der Waals surface area contributed by atoms with Gasteiger partial charge in [0.25, 0.3) is 0 Å². The number of hydrogen-bond donors (Lipinski definition) is 0. The summed E-state index contributed by atoms with van der Waals surface area (Å²) in [5.41, 5.74) is 0.956. The monoisotopic (exact) mass is 224 g/mol. The molecule has 0 aromatic carbocycles. The molecular formula is C14H24O2. The highest BCUT2D eigenvalue weighted by molar-refractivity contribution is 5.76. The lowest BCUT2D eigenvalue weighted by molar-refractivity contribution is -0.143. The van der Waals surface area contributed by atoms with E-state index in [0.29, 0.717) is 0 Å². The molecule has 0 heterocycles. The smallest absolute Gasteiger partial charge is 0.312 e. The second kappa shape index (κ2) is 11.8. The minimum absolute atomic E-state index is 0.209. The first-order valence-electron chi connectivity index (χ1n) is 5.70. The molecule has 0 spiro atoms. The summed E-state index contributed by atoms with van der Waals surface area (Å²) in [4.78, 5) is 11.3. The van der Waals surface area contributed by atoms with Crippen molar-refractivity contribution in [3.8, 4) is 0 Å². The normalized spacial score (nSPS) is 13.5. The average molecular weight is 224 g/mol. The molecule has 0 aliphatic heterocycles. The molecule has 1 atom stereocenters. The molecule has 0 aromatic rings. The quantitative estimate of drug-likeness (QED) is 0.534. The average Bonchev–Trinajstić information content (AvgIpc) is 2.35. The van der Waals surface area contributed by atoms with E-state index in [0.717, 1.165) is 5.57 Å². The standard InChI is InChI=1S/C12H18O2.C2H6/c1-5-7-9-11(8-6-2)10(3)12(13)14-4;1-2/h5-10H,1-4H3;1-2H3/b7-5-,8-6-,11-9+;. The van der Waals surface area contributed by atoms with Crippen molar-refractivity contribution in [2.45, 2.75) is 34.6 Å². The number of esters is 1. The molecule has 0 rings (SSSR count). The molecule has 1 unspecified atom stereocenters. The van der Waals surface area contributed by atoms with Crippen LogP contribution in [0.25, 0.3) is 0 Å². The van der Waals surface area contributed by atoms with E-state index in [1.165, 1.54) is 7.11 Å². The van der Waals surface area contributed by atoms with Crippen LogP contribution in [0.3, 0.4) is 0 Å². The minimum atomic E-state index is -0.215. The third-order valence-corrected chi connectivity index (χ3v) is 1.89. The van der Waals surface area contributed by atoms with Crippen molar-refractivity contribution < 1.29 is 9.53 Å². The van der Waals surface area contributed by atoms with Crippen molar-refractivity contribution in [3.05, 3.63) is 36.0 Å². The Kier molecular flexibility index (Phi) is 12.6. The van der Waals surface area contributed by atoms with Crippen LogP contribution in [0.2, 0.25) is 0 Å². The molecule has 0 aromatic heterocycles. The van der Waals surface area contributed by atoms with Gasteiger partial charge in [0.15, 0.2) is 0 Å². The summed E-state index contributed by atoms with van der Waals surface area (Å²) in [5, 5.41) is 0. The van der Waals surface area contributed by atoms with E-state index in [2.05, 4.69) is 4.74 Å². The second-order valence-electron chi connectivity index (χ2n) is 2.94. The van der Waals surface area contributed by atoms with Crippen LogP contribution in [0.1, 0.15) is 34.6 Å². The van der Waals surface area contributed by atoms with Crippen LogP contribution in [0.15, 0.2) is 36.0 Å². The third kappa shape index (κ3) is 7.04. The molecule has 0 bridgehead atoms. The zero-order valence-corrected chi connectivity index (χ0v) is 11.3. The van der Waals surface area contributed by atoms with Crippen LogP contribution in [0.5, 0.6) is 0 Å².